The van der Waals surface area contributed by atoms with Crippen LogP contribution in [0.5, 0.6) is 0 Å². The van der Waals surface area contributed by atoms with Crippen LogP contribution in [0.15, 0.2) is 23.1 Å². The Morgan fingerprint density at radius 1 is 1.50 bits per heavy atom. The zero-order valence-electron chi connectivity index (χ0n) is 10.3. The fraction of sp³-hybridized carbons (Fsp3) is 0.462. The zero-order chi connectivity index (χ0) is 13.0. The van der Waals surface area contributed by atoms with Crippen LogP contribution in [-0.2, 0) is 4.79 Å². The summed E-state index contributed by atoms with van der Waals surface area (Å²) >= 11 is 7.67. The molecule has 0 aliphatic heterocycles. The number of carbonyl (C=O) groups is 1. The smallest absolute Gasteiger partial charge is 0.238 e. The van der Waals surface area contributed by atoms with Crippen LogP contribution in [0.1, 0.15) is 12.8 Å². The number of hydrogen-bond acceptors (Lipinski definition) is 3. The molecule has 0 spiro atoms. The maximum Gasteiger partial charge on any atom is 0.238 e. The van der Waals surface area contributed by atoms with E-state index in [1.807, 2.05) is 18.4 Å². The summed E-state index contributed by atoms with van der Waals surface area (Å²) in [5.74, 6) is 0.761. The van der Waals surface area contributed by atoms with E-state index in [2.05, 4.69) is 10.6 Å². The molecule has 98 valence electrons. The van der Waals surface area contributed by atoms with E-state index in [0.29, 0.717) is 11.6 Å². The molecule has 5 heteroatoms. The second-order valence-corrected chi connectivity index (χ2v) is 5.73. The number of halogens is 1. The Morgan fingerprint density at radius 3 is 2.89 bits per heavy atom. The normalized spacial score (nSPS) is 14.6. The largest absolute Gasteiger partial charge is 0.325 e. The van der Waals surface area contributed by atoms with Gasteiger partial charge in [0.2, 0.25) is 5.91 Å². The molecule has 1 aliphatic carbocycles. The lowest BCUT2D eigenvalue weighted by Gasteiger charge is -2.08. The van der Waals surface area contributed by atoms with E-state index in [0.717, 1.165) is 23.0 Å². The van der Waals surface area contributed by atoms with Gasteiger partial charge in [-0.05, 0) is 49.8 Å². The van der Waals surface area contributed by atoms with Crippen LogP contribution < -0.4 is 10.6 Å². The van der Waals surface area contributed by atoms with Gasteiger partial charge in [0.15, 0.2) is 0 Å². The van der Waals surface area contributed by atoms with Crippen molar-refractivity contribution in [1.29, 1.82) is 0 Å². The summed E-state index contributed by atoms with van der Waals surface area (Å²) in [4.78, 5) is 12.7. The lowest BCUT2D eigenvalue weighted by Crippen LogP contribution is -2.29. The molecule has 0 heterocycles. The Balaban J connectivity index is 1.80. The molecule has 18 heavy (non-hydrogen) atoms. The maximum absolute atomic E-state index is 11.7. The Morgan fingerprint density at radius 2 is 2.28 bits per heavy atom. The highest BCUT2D eigenvalue weighted by atomic mass is 35.5. The molecule has 2 N–H and O–H groups in total. The third-order valence-corrected chi connectivity index (χ3v) is 4.07. The van der Waals surface area contributed by atoms with Gasteiger partial charge in [-0.25, -0.2) is 0 Å². The first-order valence-electron chi connectivity index (χ1n) is 6.03. The van der Waals surface area contributed by atoms with Crippen LogP contribution in [0.4, 0.5) is 5.69 Å². The van der Waals surface area contributed by atoms with Crippen molar-refractivity contribution in [2.45, 2.75) is 17.7 Å². The molecule has 1 aliphatic rings. The monoisotopic (exact) mass is 284 g/mol. The quantitative estimate of drug-likeness (QED) is 0.789. The highest BCUT2D eigenvalue weighted by molar-refractivity contribution is 7.98. The Hall–Kier alpha value is -0.710. The summed E-state index contributed by atoms with van der Waals surface area (Å²) in [5.41, 5.74) is 0.746. The average molecular weight is 285 g/mol. The number of nitrogens with one attached hydrogen (secondary N) is 2. The van der Waals surface area contributed by atoms with E-state index >= 15 is 0 Å². The van der Waals surface area contributed by atoms with Gasteiger partial charge < -0.3 is 10.6 Å². The summed E-state index contributed by atoms with van der Waals surface area (Å²) in [5, 5.41) is 6.66. The third kappa shape index (κ3) is 4.19. The standard InChI is InChI=1S/C13H17ClN2OS/c1-18-12-5-4-10(6-11(12)14)16-13(17)8-15-7-9-2-3-9/h4-6,9,15H,2-3,7-8H2,1H3,(H,16,17). The van der Waals surface area contributed by atoms with Crippen LogP contribution in [0, 0.1) is 5.92 Å². The molecule has 0 bridgehead atoms. The summed E-state index contributed by atoms with van der Waals surface area (Å²) in [6.07, 6.45) is 4.56. The molecule has 1 aromatic carbocycles. The molecule has 0 saturated heterocycles. The molecule has 1 amide bonds. The van der Waals surface area contributed by atoms with Crippen molar-refractivity contribution in [3.05, 3.63) is 23.2 Å². The van der Waals surface area contributed by atoms with E-state index in [1.165, 1.54) is 12.8 Å². The fourth-order valence-electron chi connectivity index (χ4n) is 1.66. The van der Waals surface area contributed by atoms with Crippen LogP contribution in [0.2, 0.25) is 5.02 Å². The first-order valence-corrected chi connectivity index (χ1v) is 7.63. The Kier molecular flexibility index (Phi) is 4.92. The van der Waals surface area contributed by atoms with Crippen molar-refractivity contribution in [3.63, 3.8) is 0 Å². The van der Waals surface area contributed by atoms with Crippen LogP contribution >= 0.6 is 23.4 Å². The topological polar surface area (TPSA) is 41.1 Å². The first-order chi connectivity index (χ1) is 8.69. The number of anilines is 1. The molecular weight excluding hydrogens is 268 g/mol. The minimum Gasteiger partial charge on any atom is -0.325 e. The molecule has 1 saturated carbocycles. The highest BCUT2D eigenvalue weighted by Crippen LogP contribution is 2.28. The molecule has 0 atom stereocenters. The maximum atomic E-state index is 11.7. The van der Waals surface area contributed by atoms with Gasteiger partial charge in [0, 0.05) is 10.6 Å². The molecule has 0 aromatic heterocycles. The van der Waals surface area contributed by atoms with Crippen LogP contribution in [-0.4, -0.2) is 25.3 Å². The van der Waals surface area contributed by atoms with Gasteiger partial charge in [-0.3, -0.25) is 4.79 Å². The highest BCUT2D eigenvalue weighted by Gasteiger charge is 2.20. The van der Waals surface area contributed by atoms with E-state index in [9.17, 15) is 4.79 Å². The summed E-state index contributed by atoms with van der Waals surface area (Å²) in [7, 11) is 0. The van der Waals surface area contributed by atoms with E-state index in [-0.39, 0.29) is 5.91 Å². The molecule has 3 nitrogen and oxygen atoms in total. The number of benzene rings is 1. The number of amides is 1. The number of hydrogen-bond donors (Lipinski definition) is 2. The third-order valence-electron chi connectivity index (χ3n) is 2.85. The van der Waals surface area contributed by atoms with Gasteiger partial charge in [-0.1, -0.05) is 11.6 Å². The second kappa shape index (κ2) is 6.45. The van der Waals surface area contributed by atoms with Crippen LogP contribution in [0.3, 0.4) is 0 Å². The predicted octanol–water partition coefficient (Wildman–Crippen LogP) is 3.00. The van der Waals surface area contributed by atoms with Crippen molar-refractivity contribution in [2.24, 2.45) is 5.92 Å². The van der Waals surface area contributed by atoms with Crippen molar-refractivity contribution < 1.29 is 4.79 Å². The van der Waals surface area contributed by atoms with Crippen LogP contribution in [0.25, 0.3) is 0 Å². The van der Waals surface area contributed by atoms with Gasteiger partial charge in [-0.15, -0.1) is 11.8 Å². The Labute approximate surface area is 117 Å². The van der Waals surface area contributed by atoms with E-state index in [1.54, 1.807) is 17.8 Å². The predicted molar refractivity (Wildman–Crippen MR) is 77.5 cm³/mol. The summed E-state index contributed by atoms with van der Waals surface area (Å²) in [6.45, 7) is 1.30. The zero-order valence-corrected chi connectivity index (χ0v) is 11.9. The lowest BCUT2D eigenvalue weighted by atomic mass is 10.3. The average Bonchev–Trinajstić information content (AvgIpc) is 3.13. The molecule has 1 aromatic rings. The van der Waals surface area contributed by atoms with E-state index < -0.39 is 0 Å². The number of carbonyl (C=O) groups excluding carboxylic acids is 1. The molecular formula is C13H17ClN2OS. The van der Waals surface area contributed by atoms with Gasteiger partial charge >= 0.3 is 0 Å². The van der Waals surface area contributed by atoms with Crippen molar-refractivity contribution in [3.8, 4) is 0 Å². The fourth-order valence-corrected chi connectivity index (χ4v) is 2.53. The van der Waals surface area contributed by atoms with Crippen molar-refractivity contribution >= 4 is 35.0 Å². The second-order valence-electron chi connectivity index (χ2n) is 4.47. The van der Waals surface area contributed by atoms with Gasteiger partial charge in [0.1, 0.15) is 0 Å². The molecule has 0 unspecified atom stereocenters. The number of rotatable bonds is 6. The van der Waals surface area contributed by atoms with Crippen molar-refractivity contribution in [2.75, 3.05) is 24.7 Å². The van der Waals surface area contributed by atoms with E-state index in [4.69, 9.17) is 11.6 Å². The van der Waals surface area contributed by atoms with Gasteiger partial charge in [0.25, 0.3) is 0 Å². The molecule has 1 fully saturated rings. The summed E-state index contributed by atoms with van der Waals surface area (Å²) < 4.78 is 0. The summed E-state index contributed by atoms with van der Waals surface area (Å²) in [6, 6.07) is 5.57. The molecule has 0 radical (unpaired) electrons. The van der Waals surface area contributed by atoms with Gasteiger partial charge in [0.05, 0.1) is 11.6 Å². The minimum atomic E-state index is -0.0244. The van der Waals surface area contributed by atoms with Gasteiger partial charge in [-0.2, -0.15) is 0 Å². The van der Waals surface area contributed by atoms with Crippen molar-refractivity contribution in [1.82, 2.24) is 5.32 Å². The SMILES string of the molecule is CSc1ccc(NC(=O)CNCC2CC2)cc1Cl. The molecule has 2 rings (SSSR count). The lowest BCUT2D eigenvalue weighted by molar-refractivity contribution is -0.115. The number of thioether (sulfide) groups is 1. The first kappa shape index (κ1) is 13.7. The Bertz CT molecular complexity index is 435. The minimum absolute atomic E-state index is 0.0244.